The normalized spacial score (nSPS) is 10.7. The van der Waals surface area contributed by atoms with E-state index in [1.807, 2.05) is 37.3 Å². The minimum absolute atomic E-state index is 0.0387. The van der Waals surface area contributed by atoms with Gasteiger partial charge in [-0.3, -0.25) is 4.79 Å². The highest BCUT2D eigenvalue weighted by Gasteiger charge is 2.14. The van der Waals surface area contributed by atoms with Crippen LogP contribution < -0.4 is 14.8 Å². The summed E-state index contributed by atoms with van der Waals surface area (Å²) in [6.45, 7) is -0.923. The molecule has 4 nitrogen and oxygen atoms in total. The summed E-state index contributed by atoms with van der Waals surface area (Å²) in [6.07, 6.45) is 0. The van der Waals surface area contributed by atoms with E-state index in [1.165, 1.54) is 35.6 Å². The van der Waals surface area contributed by atoms with Gasteiger partial charge in [-0.1, -0.05) is 12.1 Å². The van der Waals surface area contributed by atoms with Crippen molar-refractivity contribution in [3.05, 3.63) is 64.4 Å². The molecule has 0 aliphatic carbocycles. The Morgan fingerprint density at radius 1 is 1.04 bits per heavy atom. The second kappa shape index (κ2) is 8.18. The maximum Gasteiger partial charge on any atom is 0.387 e. The van der Waals surface area contributed by atoms with E-state index in [4.69, 9.17) is 4.74 Å². The number of nitrogens with one attached hydrogen (secondary N) is 1. The first-order valence-corrected chi connectivity index (χ1v) is 8.89. The molecule has 1 N–H and O–H groups in total. The van der Waals surface area contributed by atoms with Crippen LogP contribution in [-0.4, -0.2) is 19.6 Å². The average Bonchev–Trinajstić information content (AvgIpc) is 3.05. The molecular weight excluding hydrogens is 372 g/mol. The predicted molar refractivity (Wildman–Crippen MR) is 102 cm³/mol. The van der Waals surface area contributed by atoms with Crippen LogP contribution >= 0.6 is 11.3 Å². The zero-order chi connectivity index (χ0) is 19.4. The first-order valence-electron chi connectivity index (χ1n) is 8.07. The molecule has 0 atom stereocenters. The van der Waals surface area contributed by atoms with Gasteiger partial charge in [0.15, 0.2) is 0 Å². The Bertz CT molecular complexity index is 921. The molecule has 0 spiro atoms. The number of carbonyl (C=O) groups excluding carboxylic acids is 1. The Morgan fingerprint density at radius 2 is 1.67 bits per heavy atom. The molecule has 2 aromatic carbocycles. The number of anilines is 1. The number of rotatable bonds is 6. The lowest BCUT2D eigenvalue weighted by atomic mass is 10.1. The van der Waals surface area contributed by atoms with E-state index >= 15 is 0 Å². The molecule has 0 unspecified atom stereocenters. The Labute approximate surface area is 159 Å². The van der Waals surface area contributed by atoms with Gasteiger partial charge >= 0.3 is 6.61 Å². The maximum atomic E-state index is 12.5. The number of carbonyl (C=O) groups is 1. The van der Waals surface area contributed by atoms with Crippen LogP contribution in [0.2, 0.25) is 0 Å². The standard InChI is InChI=1S/C20H17F2NO3S/c1-12-17(13-3-7-15(25-2)8-4-13)11-18(27-12)19(24)23-14-5-9-16(10-6-14)26-20(21)22/h3-11,20H,1-2H3,(H,23,24). The van der Waals surface area contributed by atoms with Crippen molar-refractivity contribution in [2.75, 3.05) is 12.4 Å². The molecule has 1 aromatic heterocycles. The number of alkyl halides is 2. The summed E-state index contributed by atoms with van der Waals surface area (Å²) in [6, 6.07) is 15.2. The summed E-state index contributed by atoms with van der Waals surface area (Å²) in [7, 11) is 1.61. The topological polar surface area (TPSA) is 47.6 Å². The lowest BCUT2D eigenvalue weighted by Gasteiger charge is -2.06. The highest BCUT2D eigenvalue weighted by Crippen LogP contribution is 2.32. The number of halogens is 2. The van der Waals surface area contributed by atoms with Crippen molar-refractivity contribution in [1.29, 1.82) is 0 Å². The Hall–Kier alpha value is -2.93. The van der Waals surface area contributed by atoms with Gasteiger partial charge in [-0.2, -0.15) is 8.78 Å². The number of benzene rings is 2. The van der Waals surface area contributed by atoms with Gasteiger partial charge < -0.3 is 14.8 Å². The summed E-state index contributed by atoms with van der Waals surface area (Å²) in [5, 5.41) is 2.76. The molecule has 140 valence electrons. The zero-order valence-electron chi connectivity index (χ0n) is 14.7. The molecule has 0 aliphatic heterocycles. The van der Waals surface area contributed by atoms with Crippen LogP contribution in [0.3, 0.4) is 0 Å². The summed E-state index contributed by atoms with van der Waals surface area (Å²) in [5.41, 5.74) is 2.48. The smallest absolute Gasteiger partial charge is 0.387 e. The van der Waals surface area contributed by atoms with E-state index in [2.05, 4.69) is 10.1 Å². The van der Waals surface area contributed by atoms with Gasteiger partial charge in [0.1, 0.15) is 11.5 Å². The van der Waals surface area contributed by atoms with Gasteiger partial charge in [0.25, 0.3) is 5.91 Å². The van der Waals surface area contributed by atoms with Crippen LogP contribution in [0.15, 0.2) is 54.6 Å². The number of aryl methyl sites for hydroxylation is 1. The molecule has 0 fully saturated rings. The molecule has 1 amide bonds. The van der Waals surface area contributed by atoms with Crippen LogP contribution in [-0.2, 0) is 0 Å². The number of amides is 1. The van der Waals surface area contributed by atoms with E-state index in [1.54, 1.807) is 7.11 Å². The SMILES string of the molecule is COc1ccc(-c2cc(C(=O)Nc3ccc(OC(F)F)cc3)sc2C)cc1. The third-order valence-electron chi connectivity index (χ3n) is 3.88. The fourth-order valence-electron chi connectivity index (χ4n) is 2.56. The van der Waals surface area contributed by atoms with Crippen molar-refractivity contribution in [2.24, 2.45) is 0 Å². The highest BCUT2D eigenvalue weighted by atomic mass is 32.1. The summed E-state index contributed by atoms with van der Waals surface area (Å²) in [5.74, 6) is 0.547. The monoisotopic (exact) mass is 389 g/mol. The van der Waals surface area contributed by atoms with E-state index < -0.39 is 6.61 Å². The molecule has 0 aliphatic rings. The Morgan fingerprint density at radius 3 is 2.26 bits per heavy atom. The van der Waals surface area contributed by atoms with Crippen molar-refractivity contribution in [3.8, 4) is 22.6 Å². The van der Waals surface area contributed by atoms with Gasteiger partial charge in [0.2, 0.25) is 0 Å². The predicted octanol–water partition coefficient (Wildman–Crippen LogP) is 5.59. The summed E-state index contributed by atoms with van der Waals surface area (Å²) >= 11 is 1.39. The first kappa shape index (κ1) is 18.8. The van der Waals surface area contributed by atoms with E-state index in [9.17, 15) is 13.6 Å². The third-order valence-corrected chi connectivity index (χ3v) is 4.93. The quantitative estimate of drug-likeness (QED) is 0.598. The molecule has 3 rings (SSSR count). The Kier molecular flexibility index (Phi) is 5.71. The van der Waals surface area contributed by atoms with Crippen LogP contribution in [0.25, 0.3) is 11.1 Å². The lowest BCUT2D eigenvalue weighted by molar-refractivity contribution is -0.0498. The fraction of sp³-hybridized carbons (Fsp3) is 0.150. The maximum absolute atomic E-state index is 12.5. The van der Waals surface area contributed by atoms with E-state index in [0.717, 1.165) is 21.8 Å². The van der Waals surface area contributed by atoms with E-state index in [-0.39, 0.29) is 11.7 Å². The molecule has 0 radical (unpaired) electrons. The molecule has 0 saturated heterocycles. The number of hydrogen-bond donors (Lipinski definition) is 1. The molecular formula is C20H17F2NO3S. The highest BCUT2D eigenvalue weighted by molar-refractivity contribution is 7.14. The second-order valence-electron chi connectivity index (χ2n) is 5.67. The number of hydrogen-bond acceptors (Lipinski definition) is 4. The molecule has 7 heteroatoms. The average molecular weight is 389 g/mol. The van der Waals surface area contributed by atoms with Gasteiger partial charge in [0.05, 0.1) is 12.0 Å². The minimum atomic E-state index is -2.88. The Balaban J connectivity index is 1.73. The first-order chi connectivity index (χ1) is 13.0. The van der Waals surface area contributed by atoms with Gasteiger partial charge in [-0.05, 0) is 60.5 Å². The number of methoxy groups -OCH3 is 1. The molecule has 3 aromatic rings. The van der Waals surface area contributed by atoms with Crippen molar-refractivity contribution in [3.63, 3.8) is 0 Å². The van der Waals surface area contributed by atoms with Crippen molar-refractivity contribution in [2.45, 2.75) is 13.5 Å². The van der Waals surface area contributed by atoms with Crippen LogP contribution in [0, 0.1) is 6.92 Å². The van der Waals surface area contributed by atoms with Crippen molar-refractivity contribution in [1.82, 2.24) is 0 Å². The van der Waals surface area contributed by atoms with Gasteiger partial charge in [-0.25, -0.2) is 0 Å². The lowest BCUT2D eigenvalue weighted by Crippen LogP contribution is -2.10. The van der Waals surface area contributed by atoms with Crippen LogP contribution in [0.1, 0.15) is 14.5 Å². The molecule has 27 heavy (non-hydrogen) atoms. The van der Waals surface area contributed by atoms with E-state index in [0.29, 0.717) is 10.6 Å². The van der Waals surface area contributed by atoms with Crippen molar-refractivity contribution >= 4 is 22.9 Å². The minimum Gasteiger partial charge on any atom is -0.497 e. The zero-order valence-corrected chi connectivity index (χ0v) is 15.5. The largest absolute Gasteiger partial charge is 0.497 e. The van der Waals surface area contributed by atoms with Crippen molar-refractivity contribution < 1.29 is 23.0 Å². The summed E-state index contributed by atoms with van der Waals surface area (Å²) < 4.78 is 33.8. The van der Waals surface area contributed by atoms with Gasteiger partial charge in [-0.15, -0.1) is 11.3 Å². The summed E-state index contributed by atoms with van der Waals surface area (Å²) in [4.78, 5) is 14.1. The molecule has 1 heterocycles. The molecule has 0 saturated carbocycles. The van der Waals surface area contributed by atoms with Gasteiger partial charge in [0, 0.05) is 10.6 Å². The number of thiophene rings is 1. The van der Waals surface area contributed by atoms with Crippen LogP contribution in [0.4, 0.5) is 14.5 Å². The number of ether oxygens (including phenoxy) is 2. The molecule has 0 bridgehead atoms. The third kappa shape index (κ3) is 4.62. The van der Waals surface area contributed by atoms with Crippen LogP contribution in [0.5, 0.6) is 11.5 Å². The second-order valence-corrected chi connectivity index (χ2v) is 6.92. The fourth-order valence-corrected chi connectivity index (χ4v) is 3.50.